The van der Waals surface area contributed by atoms with Crippen LogP contribution in [0.25, 0.3) is 0 Å². The van der Waals surface area contributed by atoms with Crippen LogP contribution in [-0.4, -0.2) is 36.7 Å². The average Bonchev–Trinajstić information content (AvgIpc) is 2.81. The van der Waals surface area contributed by atoms with E-state index >= 15 is 0 Å². The van der Waals surface area contributed by atoms with Crippen molar-refractivity contribution < 1.29 is 13.9 Å². The van der Waals surface area contributed by atoms with Gasteiger partial charge in [-0.1, -0.05) is 12.1 Å². The molecule has 0 saturated carbocycles. The van der Waals surface area contributed by atoms with Gasteiger partial charge in [0.1, 0.15) is 11.4 Å². The van der Waals surface area contributed by atoms with Crippen molar-refractivity contribution in [2.24, 2.45) is 0 Å². The smallest absolute Gasteiger partial charge is 0.327 e. The fraction of sp³-hybridized carbons (Fsp3) is 0.533. The van der Waals surface area contributed by atoms with Gasteiger partial charge in [-0.05, 0) is 43.9 Å². The summed E-state index contributed by atoms with van der Waals surface area (Å²) in [4.78, 5) is 11.9. The van der Waals surface area contributed by atoms with Gasteiger partial charge in [0.2, 0.25) is 0 Å². The fourth-order valence-electron chi connectivity index (χ4n) is 2.68. The molecule has 1 N–H and O–H groups in total. The number of methoxy groups -OCH3 is 1. The maximum absolute atomic E-state index is 13.1. The lowest BCUT2D eigenvalue weighted by Crippen LogP contribution is -2.55. The highest BCUT2D eigenvalue weighted by atomic mass is 19.1. The van der Waals surface area contributed by atoms with Crippen LogP contribution >= 0.6 is 0 Å². The number of hydrogen-bond acceptors (Lipinski definition) is 4. The summed E-state index contributed by atoms with van der Waals surface area (Å²) >= 11 is 0. The van der Waals surface area contributed by atoms with Crippen molar-refractivity contribution in [2.75, 3.05) is 20.2 Å². The summed E-state index contributed by atoms with van der Waals surface area (Å²) in [7, 11) is 1.41. The molecule has 110 valence electrons. The van der Waals surface area contributed by atoms with Crippen LogP contribution in [0.15, 0.2) is 24.3 Å². The normalized spacial score (nSPS) is 22.9. The number of nitrogens with zero attached hydrogens (tertiary/aromatic N) is 1. The van der Waals surface area contributed by atoms with Crippen LogP contribution < -0.4 is 5.43 Å². The van der Waals surface area contributed by atoms with Crippen LogP contribution in [0.2, 0.25) is 0 Å². The first-order valence-corrected chi connectivity index (χ1v) is 6.90. The van der Waals surface area contributed by atoms with Gasteiger partial charge in [-0.15, -0.1) is 0 Å². The molecule has 0 aromatic heterocycles. The number of halogens is 1. The molecule has 2 rings (SSSR count). The van der Waals surface area contributed by atoms with E-state index in [1.54, 1.807) is 6.07 Å². The number of hydrogen-bond donors (Lipinski definition) is 1. The molecule has 1 aliphatic rings. The summed E-state index contributed by atoms with van der Waals surface area (Å²) in [6.45, 7) is 3.37. The predicted octanol–water partition coefficient (Wildman–Crippen LogP) is 1.90. The Labute approximate surface area is 118 Å². The van der Waals surface area contributed by atoms with Gasteiger partial charge in [0.05, 0.1) is 7.11 Å². The van der Waals surface area contributed by atoms with E-state index in [1.807, 2.05) is 18.0 Å². The molecule has 0 radical (unpaired) electrons. The Kier molecular flexibility index (Phi) is 4.73. The molecule has 5 heteroatoms. The van der Waals surface area contributed by atoms with Crippen molar-refractivity contribution in [3.05, 3.63) is 35.6 Å². The molecule has 1 atom stereocenters. The van der Waals surface area contributed by atoms with Crippen molar-refractivity contribution in [3.63, 3.8) is 0 Å². The van der Waals surface area contributed by atoms with Crippen molar-refractivity contribution in [2.45, 2.75) is 31.7 Å². The first-order valence-electron chi connectivity index (χ1n) is 6.90. The van der Waals surface area contributed by atoms with E-state index in [1.165, 1.54) is 19.2 Å². The van der Waals surface area contributed by atoms with Gasteiger partial charge in [0.15, 0.2) is 0 Å². The summed E-state index contributed by atoms with van der Waals surface area (Å²) in [5, 5.41) is 1.94. The first kappa shape index (κ1) is 14.9. The largest absolute Gasteiger partial charge is 0.468 e. The summed E-state index contributed by atoms with van der Waals surface area (Å²) in [6.07, 6.45) is 2.46. The average molecular weight is 280 g/mol. The quantitative estimate of drug-likeness (QED) is 0.837. The van der Waals surface area contributed by atoms with Gasteiger partial charge in [0.25, 0.3) is 0 Å². The number of hydrazine groups is 1. The van der Waals surface area contributed by atoms with Crippen LogP contribution in [0.5, 0.6) is 0 Å². The van der Waals surface area contributed by atoms with E-state index in [9.17, 15) is 9.18 Å². The zero-order valence-corrected chi connectivity index (χ0v) is 12.0. The summed E-state index contributed by atoms with van der Waals surface area (Å²) < 4.78 is 18.0. The molecule has 1 aromatic carbocycles. The number of esters is 1. The summed E-state index contributed by atoms with van der Waals surface area (Å²) in [5.74, 6) is -0.434. The maximum atomic E-state index is 13.1. The van der Waals surface area contributed by atoms with Gasteiger partial charge in [-0.25, -0.2) is 9.40 Å². The zero-order chi connectivity index (χ0) is 14.6. The monoisotopic (exact) mass is 280 g/mol. The van der Waals surface area contributed by atoms with Gasteiger partial charge in [-0.3, -0.25) is 10.2 Å². The number of benzene rings is 1. The molecular weight excluding hydrogens is 259 g/mol. The Balaban J connectivity index is 1.89. The Morgan fingerprint density at radius 2 is 2.35 bits per heavy atom. The number of ether oxygens (including phenoxy) is 1. The van der Waals surface area contributed by atoms with Crippen LogP contribution in [0.4, 0.5) is 4.39 Å². The standard InChI is InChI=1S/C15H21FN2O2/c1-15(14(19)20-2)8-4-10-18(15)17-9-7-12-5-3-6-13(16)11-12/h3,5-6,11,17H,4,7-10H2,1-2H3/t15-/m1/s1. The fourth-order valence-corrected chi connectivity index (χ4v) is 2.68. The van der Waals surface area contributed by atoms with Crippen molar-refractivity contribution >= 4 is 5.97 Å². The lowest BCUT2D eigenvalue weighted by atomic mass is 10.0. The molecule has 1 aliphatic heterocycles. The van der Waals surface area contributed by atoms with E-state index in [0.717, 1.165) is 24.9 Å². The lowest BCUT2D eigenvalue weighted by Gasteiger charge is -2.32. The van der Waals surface area contributed by atoms with Gasteiger partial charge < -0.3 is 4.74 Å². The highest BCUT2D eigenvalue weighted by Crippen LogP contribution is 2.28. The third-order valence-electron chi connectivity index (χ3n) is 3.87. The van der Waals surface area contributed by atoms with E-state index < -0.39 is 5.54 Å². The maximum Gasteiger partial charge on any atom is 0.327 e. The van der Waals surface area contributed by atoms with E-state index in [-0.39, 0.29) is 11.8 Å². The Morgan fingerprint density at radius 1 is 1.55 bits per heavy atom. The first-order chi connectivity index (χ1) is 9.56. The SMILES string of the molecule is COC(=O)[C@@]1(C)CCCN1NCCc1cccc(F)c1. The molecule has 0 spiro atoms. The van der Waals surface area contributed by atoms with Crippen molar-refractivity contribution in [1.29, 1.82) is 0 Å². The molecule has 4 nitrogen and oxygen atoms in total. The zero-order valence-electron chi connectivity index (χ0n) is 12.0. The number of carbonyl (C=O) groups is 1. The summed E-state index contributed by atoms with van der Waals surface area (Å²) in [5.41, 5.74) is 3.61. The highest BCUT2D eigenvalue weighted by molar-refractivity contribution is 5.80. The van der Waals surface area contributed by atoms with Crippen LogP contribution in [0.1, 0.15) is 25.3 Å². The second-order valence-electron chi connectivity index (χ2n) is 5.31. The van der Waals surface area contributed by atoms with Gasteiger partial charge in [-0.2, -0.15) is 0 Å². The molecule has 1 aromatic rings. The Morgan fingerprint density at radius 3 is 3.05 bits per heavy atom. The molecule has 20 heavy (non-hydrogen) atoms. The van der Waals surface area contributed by atoms with Crippen LogP contribution in [-0.2, 0) is 16.0 Å². The molecule has 1 saturated heterocycles. The lowest BCUT2D eigenvalue weighted by molar-refractivity contribution is -0.154. The van der Waals surface area contributed by atoms with Gasteiger partial charge in [0, 0.05) is 13.1 Å². The molecule has 0 bridgehead atoms. The minimum Gasteiger partial charge on any atom is -0.468 e. The molecule has 1 fully saturated rings. The molecule has 1 heterocycles. The molecule has 0 amide bonds. The van der Waals surface area contributed by atoms with Gasteiger partial charge >= 0.3 is 5.97 Å². The van der Waals surface area contributed by atoms with E-state index in [0.29, 0.717) is 13.0 Å². The number of nitrogens with one attached hydrogen (secondary N) is 1. The van der Waals surface area contributed by atoms with E-state index in [2.05, 4.69) is 5.43 Å². The predicted molar refractivity (Wildman–Crippen MR) is 74.5 cm³/mol. The minimum atomic E-state index is -0.601. The van der Waals surface area contributed by atoms with Crippen LogP contribution in [0.3, 0.4) is 0 Å². The highest BCUT2D eigenvalue weighted by Gasteiger charge is 2.44. The molecule has 0 aliphatic carbocycles. The Bertz CT molecular complexity index is 481. The molecule has 0 unspecified atom stereocenters. The second kappa shape index (κ2) is 6.33. The van der Waals surface area contributed by atoms with E-state index in [4.69, 9.17) is 4.74 Å². The third-order valence-corrected chi connectivity index (χ3v) is 3.87. The van der Waals surface area contributed by atoms with Crippen LogP contribution in [0, 0.1) is 5.82 Å². The van der Waals surface area contributed by atoms with Crippen molar-refractivity contribution in [3.8, 4) is 0 Å². The molecular formula is C15H21FN2O2. The topological polar surface area (TPSA) is 41.6 Å². The third kappa shape index (κ3) is 3.16. The number of carbonyl (C=O) groups excluding carboxylic acids is 1. The Hall–Kier alpha value is -1.46. The summed E-state index contributed by atoms with van der Waals surface area (Å²) in [6, 6.07) is 6.57. The number of rotatable bonds is 5. The van der Waals surface area contributed by atoms with Crippen molar-refractivity contribution in [1.82, 2.24) is 10.4 Å². The second-order valence-corrected chi connectivity index (χ2v) is 5.31. The minimum absolute atomic E-state index is 0.215.